The third kappa shape index (κ3) is 1.86. The van der Waals surface area contributed by atoms with Crippen LogP contribution < -0.4 is 10.6 Å². The van der Waals surface area contributed by atoms with Crippen LogP contribution in [0.5, 0.6) is 0 Å². The Morgan fingerprint density at radius 3 is 3.29 bits per heavy atom. The molecule has 0 saturated carbocycles. The second kappa shape index (κ2) is 4.47. The number of rotatable bonds is 0. The van der Waals surface area contributed by atoms with Crippen LogP contribution in [0.2, 0.25) is 0 Å². The molecule has 0 aliphatic carbocycles. The van der Waals surface area contributed by atoms with E-state index >= 15 is 0 Å². The van der Waals surface area contributed by atoms with E-state index in [2.05, 4.69) is 45.7 Å². The van der Waals surface area contributed by atoms with E-state index in [0.29, 0.717) is 23.0 Å². The fraction of sp³-hybridized carbons (Fsp3) is 0.300. The van der Waals surface area contributed by atoms with E-state index in [9.17, 15) is 5.21 Å². The molecule has 1 aromatic heterocycles. The average Bonchev–Trinajstić information content (AvgIpc) is 3.15. The van der Waals surface area contributed by atoms with E-state index in [0.717, 1.165) is 0 Å². The van der Waals surface area contributed by atoms with Crippen LogP contribution in [0.3, 0.4) is 0 Å². The first kappa shape index (κ1) is 11.7. The van der Waals surface area contributed by atoms with Gasteiger partial charge in [0.1, 0.15) is 12.4 Å². The molecule has 106 valence electrons. The third-order valence-electron chi connectivity index (χ3n) is 3.19. The molecule has 4 heterocycles. The maximum Gasteiger partial charge on any atom is 0.350 e. The first-order chi connectivity index (χ1) is 10.3. The number of imidazole rings is 1. The lowest BCUT2D eigenvalue weighted by molar-refractivity contribution is -0.404. The highest BCUT2D eigenvalue weighted by atomic mass is 16.5. The Morgan fingerprint density at radius 2 is 2.33 bits per heavy atom. The molecular formula is C10H10N10O. The van der Waals surface area contributed by atoms with E-state index in [1.807, 2.05) is 0 Å². The lowest BCUT2D eigenvalue weighted by Crippen LogP contribution is -2.44. The highest BCUT2D eigenvalue weighted by Crippen LogP contribution is 2.16. The van der Waals surface area contributed by atoms with Crippen LogP contribution in [0.4, 0.5) is 5.82 Å². The highest BCUT2D eigenvalue weighted by molar-refractivity contribution is 6.02. The topological polar surface area (TPSA) is 141 Å². The Labute approximate surface area is 117 Å². The molecule has 2 unspecified atom stereocenters. The number of fused-ring (bicyclic) bond motifs is 2. The van der Waals surface area contributed by atoms with Crippen molar-refractivity contribution in [2.24, 2.45) is 25.1 Å². The molecule has 21 heavy (non-hydrogen) atoms. The van der Waals surface area contributed by atoms with Gasteiger partial charge in [0.15, 0.2) is 18.0 Å². The summed E-state index contributed by atoms with van der Waals surface area (Å²) >= 11 is 0. The minimum absolute atomic E-state index is 0.190. The van der Waals surface area contributed by atoms with E-state index < -0.39 is 6.04 Å². The van der Waals surface area contributed by atoms with Gasteiger partial charge in [0.05, 0.1) is 12.7 Å². The van der Waals surface area contributed by atoms with Crippen molar-refractivity contribution < 1.29 is 4.86 Å². The lowest BCUT2D eigenvalue weighted by Gasteiger charge is -2.17. The zero-order valence-corrected chi connectivity index (χ0v) is 10.6. The van der Waals surface area contributed by atoms with E-state index in [-0.39, 0.29) is 17.8 Å². The van der Waals surface area contributed by atoms with Crippen LogP contribution in [0.15, 0.2) is 31.4 Å². The summed E-state index contributed by atoms with van der Waals surface area (Å²) in [5.74, 6) is 1.08. The van der Waals surface area contributed by atoms with Gasteiger partial charge in [-0.25, -0.2) is 20.0 Å². The number of nitrogens with one attached hydrogen (secondary N) is 3. The van der Waals surface area contributed by atoms with Crippen molar-refractivity contribution in [3.05, 3.63) is 17.2 Å². The third-order valence-corrected chi connectivity index (χ3v) is 3.19. The van der Waals surface area contributed by atoms with E-state index in [1.54, 1.807) is 0 Å². The molecule has 0 aromatic carbocycles. The molecule has 0 radical (unpaired) electrons. The van der Waals surface area contributed by atoms with Gasteiger partial charge in [-0.05, 0) is 4.99 Å². The monoisotopic (exact) mass is 286 g/mol. The quantitative estimate of drug-likeness (QED) is 0.328. The Bertz CT molecular complexity index is 726. The molecule has 4 rings (SSSR count). The van der Waals surface area contributed by atoms with Crippen molar-refractivity contribution in [2.45, 2.75) is 12.2 Å². The minimum Gasteiger partial charge on any atom is -0.691 e. The molecule has 3 aliphatic rings. The molecule has 3 aliphatic heterocycles. The van der Waals surface area contributed by atoms with Crippen molar-refractivity contribution in [3.63, 3.8) is 0 Å². The van der Waals surface area contributed by atoms with Crippen molar-refractivity contribution >= 4 is 30.2 Å². The van der Waals surface area contributed by atoms with Gasteiger partial charge in [0.2, 0.25) is 12.2 Å². The van der Waals surface area contributed by atoms with Gasteiger partial charge < -0.3 is 20.8 Å². The summed E-state index contributed by atoms with van der Waals surface area (Å²) in [5.41, 5.74) is 0.569. The van der Waals surface area contributed by atoms with Gasteiger partial charge in [-0.2, -0.15) is 0 Å². The fourth-order valence-electron chi connectivity index (χ4n) is 2.20. The predicted molar refractivity (Wildman–Crippen MR) is 74.8 cm³/mol. The average molecular weight is 286 g/mol. The van der Waals surface area contributed by atoms with Crippen molar-refractivity contribution in [3.8, 4) is 0 Å². The summed E-state index contributed by atoms with van der Waals surface area (Å²) < 4.78 is 0. The second-order valence-electron chi connectivity index (χ2n) is 4.40. The maximum absolute atomic E-state index is 12.3. The smallest absolute Gasteiger partial charge is 0.350 e. The Balaban J connectivity index is 1.66. The molecule has 2 atom stereocenters. The summed E-state index contributed by atoms with van der Waals surface area (Å²) in [7, 11) is 0. The molecular weight excluding hydrogens is 276 g/mol. The molecule has 0 amide bonds. The zero-order chi connectivity index (χ0) is 14.2. The Hall–Kier alpha value is -3.11. The Morgan fingerprint density at radius 1 is 1.38 bits per heavy atom. The van der Waals surface area contributed by atoms with Crippen LogP contribution >= 0.6 is 0 Å². The molecule has 0 spiro atoms. The molecule has 0 bridgehead atoms. The highest BCUT2D eigenvalue weighted by Gasteiger charge is 2.37. The summed E-state index contributed by atoms with van der Waals surface area (Å²) in [6, 6.07) is -0.403. The molecule has 11 heteroatoms. The van der Waals surface area contributed by atoms with Gasteiger partial charge in [0.25, 0.3) is 0 Å². The van der Waals surface area contributed by atoms with Gasteiger partial charge in [-0.15, -0.1) is 4.86 Å². The van der Waals surface area contributed by atoms with Gasteiger partial charge in [-0.1, -0.05) is 5.11 Å². The van der Waals surface area contributed by atoms with E-state index in [4.69, 9.17) is 0 Å². The minimum atomic E-state index is -0.403. The van der Waals surface area contributed by atoms with Crippen LogP contribution in [0.25, 0.3) is 0 Å². The predicted octanol–water partition coefficient (Wildman–Crippen LogP) is -0.732. The number of aliphatic imine (C=N–C) groups is 4. The Kier molecular flexibility index (Phi) is 2.49. The van der Waals surface area contributed by atoms with Crippen LogP contribution in [0, 0.1) is 5.21 Å². The zero-order valence-electron chi connectivity index (χ0n) is 10.6. The summed E-state index contributed by atoms with van der Waals surface area (Å²) in [5, 5.41) is 22.1. The number of aromatic amines is 1. The number of anilines is 1. The number of amidine groups is 2. The number of H-pyrrole nitrogens is 1. The number of hydroxylamine groups is 1. The largest absolute Gasteiger partial charge is 0.691 e. The number of nitrogens with zero attached hydrogens (tertiary/aromatic N) is 7. The van der Waals surface area contributed by atoms with Gasteiger partial charge in [0, 0.05) is 0 Å². The first-order valence-corrected chi connectivity index (χ1v) is 6.21. The van der Waals surface area contributed by atoms with Gasteiger partial charge in [-0.3, -0.25) is 0 Å². The molecule has 11 nitrogen and oxygen atoms in total. The van der Waals surface area contributed by atoms with Crippen molar-refractivity contribution in [2.75, 3.05) is 12.0 Å². The van der Waals surface area contributed by atoms with Crippen LogP contribution in [0.1, 0.15) is 5.69 Å². The number of aromatic nitrogens is 2. The molecule has 1 aromatic rings. The lowest BCUT2D eigenvalue weighted by atomic mass is 10.2. The molecule has 0 fully saturated rings. The number of azo groups is 1. The fourth-order valence-corrected chi connectivity index (χ4v) is 2.20. The number of hydrogen-bond donors (Lipinski definition) is 3. The standard InChI is InChI=1S/C10H10N10O/c21-20(10-6-8(14-2-12-6)16-4-18-10)19-9-5-7(13-1-11-5)15-3-17-9/h1-2,4,6,8,15H,3H2,(H,11,13)(H,12,14). The molecule has 0 saturated heterocycles. The first-order valence-electron chi connectivity index (χ1n) is 6.21. The summed E-state index contributed by atoms with van der Waals surface area (Å²) in [6.45, 7) is 0.311. The van der Waals surface area contributed by atoms with Gasteiger partial charge >= 0.3 is 5.84 Å². The van der Waals surface area contributed by atoms with Crippen LogP contribution in [-0.2, 0) is 0 Å². The summed E-state index contributed by atoms with van der Waals surface area (Å²) in [6.07, 6.45) is 3.96. The molecule has 3 N–H and O–H groups in total. The number of hydrogen-bond acceptors (Lipinski definition) is 9. The van der Waals surface area contributed by atoms with E-state index in [1.165, 1.54) is 19.0 Å². The van der Waals surface area contributed by atoms with Crippen LogP contribution in [-0.4, -0.2) is 58.1 Å². The normalized spacial score (nSPS) is 26.4. The SMILES string of the molecule is [O-][N+](=NC1=NCNc2nc[nH]c21)C1=NC=NC2N=CNC12. The second-order valence-corrected chi connectivity index (χ2v) is 4.40. The summed E-state index contributed by atoms with van der Waals surface area (Å²) in [4.78, 5) is 23.7. The maximum atomic E-state index is 12.3. The van der Waals surface area contributed by atoms with Crippen molar-refractivity contribution in [1.29, 1.82) is 0 Å². The van der Waals surface area contributed by atoms with Crippen molar-refractivity contribution in [1.82, 2.24) is 15.3 Å².